The van der Waals surface area contributed by atoms with Crippen LogP contribution in [0.3, 0.4) is 0 Å². The van der Waals surface area contributed by atoms with E-state index in [0.29, 0.717) is 43.7 Å². The first-order valence-electron chi connectivity index (χ1n) is 5.45. The van der Waals surface area contributed by atoms with Gasteiger partial charge in [0, 0.05) is 13.1 Å². The molecule has 0 bridgehead atoms. The molecule has 17 heavy (non-hydrogen) atoms. The largest absolute Gasteiger partial charge is 0.481 e. The average Bonchev–Trinajstić information content (AvgIpc) is 2.39. The minimum absolute atomic E-state index is 0.256. The molecule has 0 amide bonds. The minimum Gasteiger partial charge on any atom is -0.481 e. The number of aromatic nitrogens is 2. The van der Waals surface area contributed by atoms with Crippen LogP contribution >= 0.6 is 0 Å². The predicted octanol–water partition coefficient (Wildman–Crippen LogP) is 0.590. The lowest BCUT2D eigenvalue weighted by Gasteiger charge is -2.30. The molecule has 1 saturated heterocycles. The van der Waals surface area contributed by atoms with Gasteiger partial charge in [0.15, 0.2) is 6.29 Å². The lowest BCUT2D eigenvalue weighted by molar-refractivity contribution is -0.142. The van der Waals surface area contributed by atoms with Crippen LogP contribution in [0.25, 0.3) is 0 Å². The van der Waals surface area contributed by atoms with Crippen LogP contribution in [0.4, 0.5) is 5.82 Å². The number of carboxylic acids is 1. The van der Waals surface area contributed by atoms with Crippen molar-refractivity contribution in [3.05, 3.63) is 18.1 Å². The number of hydrogen-bond donors (Lipinski definition) is 1. The van der Waals surface area contributed by atoms with Crippen molar-refractivity contribution in [3.8, 4) is 0 Å². The minimum atomic E-state index is -0.730. The van der Waals surface area contributed by atoms with Crippen LogP contribution in [0.1, 0.15) is 23.3 Å². The van der Waals surface area contributed by atoms with Gasteiger partial charge in [-0.15, -0.1) is 0 Å². The first kappa shape index (κ1) is 11.5. The van der Waals surface area contributed by atoms with Crippen molar-refractivity contribution in [1.29, 1.82) is 0 Å². The Morgan fingerprint density at radius 3 is 2.53 bits per heavy atom. The topological polar surface area (TPSA) is 83.4 Å². The summed E-state index contributed by atoms with van der Waals surface area (Å²) in [6.45, 7) is 1.32. The van der Waals surface area contributed by atoms with Crippen molar-refractivity contribution < 1.29 is 14.7 Å². The van der Waals surface area contributed by atoms with E-state index >= 15 is 0 Å². The molecule has 1 aliphatic heterocycles. The molecule has 6 nitrogen and oxygen atoms in total. The quantitative estimate of drug-likeness (QED) is 0.772. The molecule has 1 fully saturated rings. The molecule has 2 heterocycles. The van der Waals surface area contributed by atoms with Gasteiger partial charge >= 0.3 is 5.97 Å². The highest BCUT2D eigenvalue weighted by atomic mass is 16.4. The number of nitrogens with zero attached hydrogens (tertiary/aromatic N) is 3. The van der Waals surface area contributed by atoms with Crippen LogP contribution in [0, 0.1) is 5.92 Å². The number of carboxylic acid groups (broad SMARTS) is 1. The summed E-state index contributed by atoms with van der Waals surface area (Å²) in [4.78, 5) is 31.3. The second kappa shape index (κ2) is 4.90. The van der Waals surface area contributed by atoms with Crippen LogP contribution in [-0.2, 0) is 4.79 Å². The van der Waals surface area contributed by atoms with Crippen LogP contribution in [0.15, 0.2) is 12.4 Å². The van der Waals surface area contributed by atoms with E-state index in [1.807, 2.05) is 4.90 Å². The molecule has 0 unspecified atom stereocenters. The number of rotatable bonds is 3. The molecular weight excluding hydrogens is 222 g/mol. The van der Waals surface area contributed by atoms with Crippen molar-refractivity contribution in [2.24, 2.45) is 5.92 Å². The van der Waals surface area contributed by atoms with Crippen molar-refractivity contribution in [3.63, 3.8) is 0 Å². The van der Waals surface area contributed by atoms with Crippen LogP contribution < -0.4 is 4.90 Å². The number of aldehydes is 1. The first-order valence-corrected chi connectivity index (χ1v) is 5.45. The third kappa shape index (κ3) is 2.58. The van der Waals surface area contributed by atoms with Gasteiger partial charge in [-0.2, -0.15) is 0 Å². The molecule has 6 heteroatoms. The summed E-state index contributed by atoms with van der Waals surface area (Å²) >= 11 is 0. The molecule has 2 rings (SSSR count). The highest BCUT2D eigenvalue weighted by Crippen LogP contribution is 2.21. The third-order valence-corrected chi connectivity index (χ3v) is 2.95. The Morgan fingerprint density at radius 2 is 2.06 bits per heavy atom. The predicted molar refractivity (Wildman–Crippen MR) is 60.0 cm³/mol. The second-order valence-electron chi connectivity index (χ2n) is 4.02. The molecule has 0 aliphatic carbocycles. The van der Waals surface area contributed by atoms with E-state index < -0.39 is 5.97 Å². The number of carbonyl (C=O) groups is 2. The van der Waals surface area contributed by atoms with Gasteiger partial charge in [0.2, 0.25) is 0 Å². The van der Waals surface area contributed by atoms with Gasteiger partial charge < -0.3 is 10.0 Å². The number of anilines is 1. The Hall–Kier alpha value is -1.98. The SMILES string of the molecule is O=Cc1cnc(N2CCC(C(=O)O)CC2)cn1. The molecule has 1 aromatic heterocycles. The van der Waals surface area contributed by atoms with E-state index in [2.05, 4.69) is 9.97 Å². The van der Waals surface area contributed by atoms with Crippen molar-refractivity contribution in [1.82, 2.24) is 9.97 Å². The molecule has 1 aromatic rings. The summed E-state index contributed by atoms with van der Waals surface area (Å²) in [5.41, 5.74) is 0.300. The fraction of sp³-hybridized carbons (Fsp3) is 0.455. The van der Waals surface area contributed by atoms with E-state index in [9.17, 15) is 9.59 Å². The van der Waals surface area contributed by atoms with Gasteiger partial charge in [-0.1, -0.05) is 0 Å². The molecule has 0 aromatic carbocycles. The zero-order chi connectivity index (χ0) is 12.3. The molecule has 1 N–H and O–H groups in total. The number of aliphatic carboxylic acids is 1. The fourth-order valence-electron chi connectivity index (χ4n) is 1.91. The van der Waals surface area contributed by atoms with E-state index in [1.165, 1.54) is 6.20 Å². The molecule has 90 valence electrons. The maximum atomic E-state index is 10.8. The Labute approximate surface area is 98.3 Å². The Kier molecular flexibility index (Phi) is 3.32. The van der Waals surface area contributed by atoms with Gasteiger partial charge in [0.25, 0.3) is 0 Å². The summed E-state index contributed by atoms with van der Waals surface area (Å²) < 4.78 is 0. The lowest BCUT2D eigenvalue weighted by Crippen LogP contribution is -2.36. The zero-order valence-corrected chi connectivity index (χ0v) is 9.24. The molecule has 0 saturated carbocycles. The van der Waals surface area contributed by atoms with Crippen LogP contribution in [-0.4, -0.2) is 40.4 Å². The summed E-state index contributed by atoms with van der Waals surface area (Å²) in [5, 5.41) is 8.88. The monoisotopic (exact) mass is 235 g/mol. The van der Waals surface area contributed by atoms with E-state index in [4.69, 9.17) is 5.11 Å². The van der Waals surface area contributed by atoms with Crippen LogP contribution in [0.5, 0.6) is 0 Å². The van der Waals surface area contributed by atoms with Gasteiger partial charge in [-0.3, -0.25) is 9.59 Å². The van der Waals surface area contributed by atoms with Crippen LogP contribution in [0.2, 0.25) is 0 Å². The van der Waals surface area contributed by atoms with E-state index in [-0.39, 0.29) is 5.92 Å². The molecule has 1 aliphatic rings. The maximum Gasteiger partial charge on any atom is 0.306 e. The Balaban J connectivity index is 2.00. The number of carbonyl (C=O) groups excluding carboxylic acids is 1. The fourth-order valence-corrected chi connectivity index (χ4v) is 1.91. The highest BCUT2D eigenvalue weighted by Gasteiger charge is 2.25. The van der Waals surface area contributed by atoms with E-state index in [1.54, 1.807) is 6.20 Å². The Morgan fingerprint density at radius 1 is 1.35 bits per heavy atom. The summed E-state index contributed by atoms with van der Waals surface area (Å²) in [6, 6.07) is 0. The normalized spacial score (nSPS) is 16.8. The summed E-state index contributed by atoms with van der Waals surface area (Å²) in [7, 11) is 0. The van der Waals surface area contributed by atoms with Gasteiger partial charge in [-0.05, 0) is 12.8 Å². The zero-order valence-electron chi connectivity index (χ0n) is 9.24. The number of piperidine rings is 1. The van der Waals surface area contributed by atoms with Gasteiger partial charge in [-0.25, -0.2) is 9.97 Å². The Bertz CT molecular complexity index is 410. The molecular formula is C11H13N3O3. The van der Waals surface area contributed by atoms with E-state index in [0.717, 1.165) is 0 Å². The standard InChI is InChI=1S/C11H13N3O3/c15-7-9-5-13-10(6-12-9)14-3-1-8(2-4-14)11(16)17/h5-8H,1-4H2,(H,16,17). The lowest BCUT2D eigenvalue weighted by atomic mass is 9.97. The smallest absolute Gasteiger partial charge is 0.306 e. The van der Waals surface area contributed by atoms with Crippen molar-refractivity contribution in [2.45, 2.75) is 12.8 Å². The van der Waals surface area contributed by atoms with Crippen molar-refractivity contribution in [2.75, 3.05) is 18.0 Å². The van der Waals surface area contributed by atoms with Gasteiger partial charge in [0.05, 0.1) is 18.3 Å². The summed E-state index contributed by atoms with van der Waals surface area (Å²) in [6.07, 6.45) is 4.85. The first-order chi connectivity index (χ1) is 8.20. The maximum absolute atomic E-state index is 10.8. The average molecular weight is 235 g/mol. The number of hydrogen-bond acceptors (Lipinski definition) is 5. The molecule has 0 atom stereocenters. The highest BCUT2D eigenvalue weighted by molar-refractivity contribution is 5.71. The molecule has 0 spiro atoms. The second-order valence-corrected chi connectivity index (χ2v) is 4.02. The van der Waals surface area contributed by atoms with Gasteiger partial charge in [0.1, 0.15) is 11.5 Å². The third-order valence-electron chi connectivity index (χ3n) is 2.95. The summed E-state index contributed by atoms with van der Waals surface area (Å²) in [5.74, 6) is -0.292. The molecule has 0 radical (unpaired) electrons. The van der Waals surface area contributed by atoms with Crippen molar-refractivity contribution >= 4 is 18.1 Å².